The van der Waals surface area contributed by atoms with Crippen molar-refractivity contribution in [2.24, 2.45) is 11.8 Å². The maximum Gasteiger partial charge on any atom is 0.225 e. The van der Waals surface area contributed by atoms with E-state index in [1.165, 1.54) is 0 Å². The third-order valence-electron chi connectivity index (χ3n) is 5.90. The summed E-state index contributed by atoms with van der Waals surface area (Å²) in [7, 11) is 0. The van der Waals surface area contributed by atoms with Crippen LogP contribution in [-0.4, -0.2) is 38.7 Å². The number of hydrogen-bond donors (Lipinski definition) is 0. The van der Waals surface area contributed by atoms with E-state index in [2.05, 4.69) is 45.1 Å². The number of likely N-dealkylation sites (tertiary alicyclic amines) is 1. The van der Waals surface area contributed by atoms with Crippen molar-refractivity contribution in [3.05, 3.63) is 59.9 Å². The largest absolute Gasteiger partial charge is 0.342 e. The van der Waals surface area contributed by atoms with Gasteiger partial charge in [0.25, 0.3) is 0 Å². The third-order valence-corrected chi connectivity index (χ3v) is 6.13. The van der Waals surface area contributed by atoms with Gasteiger partial charge in [0.1, 0.15) is 6.33 Å². The second-order valence-electron chi connectivity index (χ2n) is 8.11. The summed E-state index contributed by atoms with van der Waals surface area (Å²) in [6, 6.07) is 16.2. The molecule has 1 aliphatic carbocycles. The van der Waals surface area contributed by atoms with Gasteiger partial charge in [-0.1, -0.05) is 48.0 Å². The first-order chi connectivity index (χ1) is 14.2. The Labute approximate surface area is 175 Å². The van der Waals surface area contributed by atoms with Crippen LogP contribution in [0.4, 0.5) is 0 Å². The first-order valence-corrected chi connectivity index (χ1v) is 10.6. The molecular weight excluding hydrogens is 384 g/mol. The summed E-state index contributed by atoms with van der Waals surface area (Å²) in [5.41, 5.74) is 3.25. The van der Waals surface area contributed by atoms with E-state index in [-0.39, 0.29) is 0 Å². The smallest absolute Gasteiger partial charge is 0.225 e. The molecule has 1 saturated carbocycles. The molecule has 0 bridgehead atoms. The Hall–Kier alpha value is -2.66. The van der Waals surface area contributed by atoms with E-state index in [0.29, 0.717) is 17.7 Å². The number of aromatic nitrogens is 3. The lowest BCUT2D eigenvalue weighted by atomic mass is 10.0. The average molecular weight is 407 g/mol. The van der Waals surface area contributed by atoms with E-state index in [0.717, 1.165) is 66.4 Å². The Kier molecular flexibility index (Phi) is 4.84. The molecule has 1 aliphatic heterocycles. The molecule has 0 spiro atoms. The minimum Gasteiger partial charge on any atom is -0.342 e. The van der Waals surface area contributed by atoms with E-state index in [4.69, 9.17) is 11.6 Å². The summed E-state index contributed by atoms with van der Waals surface area (Å²) < 4.78 is 2.12. The van der Waals surface area contributed by atoms with Gasteiger partial charge in [-0.05, 0) is 48.4 Å². The molecular formula is C23H23ClN4O. The average Bonchev–Trinajstić information content (AvgIpc) is 3.32. The van der Waals surface area contributed by atoms with E-state index in [1.807, 2.05) is 23.1 Å². The van der Waals surface area contributed by atoms with E-state index in [9.17, 15) is 4.79 Å². The number of carbonyl (C=O) groups excluding carboxylic acids is 1. The topological polar surface area (TPSA) is 51.0 Å². The van der Waals surface area contributed by atoms with Gasteiger partial charge < -0.3 is 9.47 Å². The van der Waals surface area contributed by atoms with Crippen LogP contribution in [0.1, 0.15) is 19.3 Å². The highest BCUT2D eigenvalue weighted by Crippen LogP contribution is 2.33. The highest BCUT2D eigenvalue weighted by Gasteiger charge is 2.36. The lowest BCUT2D eigenvalue weighted by Crippen LogP contribution is -2.30. The molecule has 0 unspecified atom stereocenters. The summed E-state index contributed by atoms with van der Waals surface area (Å²) in [6.07, 6.45) is 4.98. The second-order valence-corrected chi connectivity index (χ2v) is 8.54. The summed E-state index contributed by atoms with van der Waals surface area (Å²) in [6.45, 7) is 2.57. The zero-order chi connectivity index (χ0) is 19.8. The first-order valence-electron chi connectivity index (χ1n) is 10.2. The predicted molar refractivity (Wildman–Crippen MR) is 113 cm³/mol. The summed E-state index contributed by atoms with van der Waals surface area (Å²) >= 11 is 6.11. The fraction of sp³-hybridized carbons (Fsp3) is 0.348. The Bertz CT molecular complexity index is 1030. The highest BCUT2D eigenvalue weighted by molar-refractivity contribution is 6.30. The van der Waals surface area contributed by atoms with Crippen LogP contribution in [0.5, 0.6) is 0 Å². The molecule has 0 N–H and O–H groups in total. The van der Waals surface area contributed by atoms with Gasteiger partial charge in [-0.25, -0.2) is 0 Å². The van der Waals surface area contributed by atoms with Gasteiger partial charge in [0.2, 0.25) is 5.91 Å². The van der Waals surface area contributed by atoms with Crippen molar-refractivity contribution in [3.8, 4) is 22.5 Å². The molecule has 1 amide bonds. The van der Waals surface area contributed by atoms with Gasteiger partial charge in [-0.2, -0.15) is 0 Å². The number of benzene rings is 2. The van der Waals surface area contributed by atoms with Crippen LogP contribution in [0, 0.1) is 11.8 Å². The SMILES string of the molecule is O=C(C1CC1)N1CC[C@@H](Cn2cnnc2-c2ccc(-c3cccc(Cl)c3)cc2)C1. The molecule has 1 atom stereocenters. The van der Waals surface area contributed by atoms with Crippen molar-refractivity contribution in [3.63, 3.8) is 0 Å². The minimum atomic E-state index is 0.303. The number of nitrogens with zero attached hydrogens (tertiary/aromatic N) is 4. The number of halogens is 1. The molecule has 1 saturated heterocycles. The van der Waals surface area contributed by atoms with Crippen molar-refractivity contribution in [1.82, 2.24) is 19.7 Å². The molecule has 148 valence electrons. The highest BCUT2D eigenvalue weighted by atomic mass is 35.5. The maximum absolute atomic E-state index is 12.3. The molecule has 5 nitrogen and oxygen atoms in total. The van der Waals surface area contributed by atoms with Crippen LogP contribution in [0.2, 0.25) is 5.02 Å². The van der Waals surface area contributed by atoms with Crippen molar-refractivity contribution in [1.29, 1.82) is 0 Å². The normalized spacial score (nSPS) is 18.9. The quantitative estimate of drug-likeness (QED) is 0.625. The van der Waals surface area contributed by atoms with Crippen LogP contribution in [0.15, 0.2) is 54.9 Å². The monoisotopic (exact) mass is 406 g/mol. The Balaban J connectivity index is 1.29. The molecule has 29 heavy (non-hydrogen) atoms. The van der Waals surface area contributed by atoms with Crippen molar-refractivity contribution >= 4 is 17.5 Å². The molecule has 6 heteroatoms. The van der Waals surface area contributed by atoms with Gasteiger partial charge in [0, 0.05) is 36.1 Å². The van der Waals surface area contributed by atoms with Crippen LogP contribution < -0.4 is 0 Å². The van der Waals surface area contributed by atoms with Crippen molar-refractivity contribution in [2.75, 3.05) is 13.1 Å². The maximum atomic E-state index is 12.3. The molecule has 2 aromatic carbocycles. The zero-order valence-corrected chi connectivity index (χ0v) is 16.9. The number of carbonyl (C=O) groups is 1. The Morgan fingerprint density at radius 1 is 1.03 bits per heavy atom. The minimum absolute atomic E-state index is 0.303. The molecule has 3 aromatic rings. The van der Waals surface area contributed by atoms with E-state index < -0.39 is 0 Å². The van der Waals surface area contributed by atoms with Gasteiger partial charge in [0.15, 0.2) is 5.82 Å². The predicted octanol–water partition coefficient (Wildman–Crippen LogP) is 4.52. The third kappa shape index (κ3) is 3.92. The van der Waals surface area contributed by atoms with Crippen LogP contribution in [0.25, 0.3) is 22.5 Å². The van der Waals surface area contributed by atoms with E-state index >= 15 is 0 Å². The molecule has 0 radical (unpaired) electrons. The lowest BCUT2D eigenvalue weighted by Gasteiger charge is -2.17. The summed E-state index contributed by atoms with van der Waals surface area (Å²) in [5, 5.41) is 9.22. The number of amides is 1. The van der Waals surface area contributed by atoms with Crippen LogP contribution >= 0.6 is 11.6 Å². The van der Waals surface area contributed by atoms with Crippen LogP contribution in [-0.2, 0) is 11.3 Å². The van der Waals surface area contributed by atoms with Crippen LogP contribution in [0.3, 0.4) is 0 Å². The van der Waals surface area contributed by atoms with Gasteiger partial charge in [-0.3, -0.25) is 4.79 Å². The fourth-order valence-corrected chi connectivity index (χ4v) is 4.33. The fourth-order valence-electron chi connectivity index (χ4n) is 4.14. The molecule has 2 fully saturated rings. The van der Waals surface area contributed by atoms with Crippen molar-refractivity contribution < 1.29 is 4.79 Å². The van der Waals surface area contributed by atoms with Crippen molar-refractivity contribution in [2.45, 2.75) is 25.8 Å². The molecule has 1 aromatic heterocycles. The molecule has 2 aliphatic rings. The molecule has 5 rings (SSSR count). The Morgan fingerprint density at radius 2 is 1.83 bits per heavy atom. The van der Waals surface area contributed by atoms with Gasteiger partial charge in [-0.15, -0.1) is 10.2 Å². The number of rotatable bonds is 5. The second kappa shape index (κ2) is 7.64. The zero-order valence-electron chi connectivity index (χ0n) is 16.2. The Morgan fingerprint density at radius 3 is 2.59 bits per heavy atom. The molecule has 2 heterocycles. The van der Waals surface area contributed by atoms with Gasteiger partial charge >= 0.3 is 0 Å². The summed E-state index contributed by atoms with van der Waals surface area (Å²) in [5.74, 6) is 1.98. The first kappa shape index (κ1) is 18.4. The summed E-state index contributed by atoms with van der Waals surface area (Å²) in [4.78, 5) is 14.3. The standard InChI is InChI=1S/C23H23ClN4O/c24-21-3-1-2-20(12-21)17-4-6-18(7-5-17)22-26-25-15-28(22)14-16-10-11-27(13-16)23(29)19-8-9-19/h1-7,12,15-16,19H,8-11,13-14H2/t16-/m1/s1. The lowest BCUT2D eigenvalue weighted by molar-refractivity contribution is -0.131. The number of hydrogen-bond acceptors (Lipinski definition) is 3. The van der Waals surface area contributed by atoms with E-state index in [1.54, 1.807) is 6.33 Å². The van der Waals surface area contributed by atoms with Gasteiger partial charge in [0.05, 0.1) is 0 Å².